The highest BCUT2D eigenvalue weighted by Gasteiger charge is 2.42. The Morgan fingerprint density at radius 2 is 1.68 bits per heavy atom. The van der Waals surface area contributed by atoms with Crippen LogP contribution in [0.4, 0.5) is 0 Å². The molecule has 0 aromatic heterocycles. The van der Waals surface area contributed by atoms with E-state index in [1.165, 1.54) is 44.9 Å². The van der Waals surface area contributed by atoms with Crippen LogP contribution in [0.2, 0.25) is 0 Å². The molecule has 22 heavy (non-hydrogen) atoms. The summed E-state index contributed by atoms with van der Waals surface area (Å²) in [5.74, 6) is 5.35. The maximum absolute atomic E-state index is 2.58. The van der Waals surface area contributed by atoms with Gasteiger partial charge < -0.3 is 0 Å². The SMILES string of the molecule is CC.CCCCC1C2CC=C(C)CC2CCC1C1CCCC1. The first kappa shape index (κ1) is 18.1. The second-order valence-corrected chi connectivity index (χ2v) is 8.01. The van der Waals surface area contributed by atoms with Crippen LogP contribution in [0, 0.1) is 29.6 Å². The lowest BCUT2D eigenvalue weighted by Gasteiger charge is -2.47. The van der Waals surface area contributed by atoms with Crippen LogP contribution in [-0.2, 0) is 0 Å². The Balaban J connectivity index is 0.000000847. The molecule has 0 saturated heterocycles. The Labute approximate surface area is 140 Å². The lowest BCUT2D eigenvalue weighted by molar-refractivity contribution is 0.0427. The molecule has 0 radical (unpaired) electrons. The molecule has 3 aliphatic carbocycles. The van der Waals surface area contributed by atoms with Crippen LogP contribution in [0.5, 0.6) is 0 Å². The van der Waals surface area contributed by atoms with Crippen LogP contribution in [0.3, 0.4) is 0 Å². The normalized spacial score (nSPS) is 35.4. The van der Waals surface area contributed by atoms with E-state index in [4.69, 9.17) is 0 Å². The van der Waals surface area contributed by atoms with Crippen molar-refractivity contribution in [3.05, 3.63) is 11.6 Å². The number of allylic oxidation sites excluding steroid dienone is 2. The predicted molar refractivity (Wildman–Crippen MR) is 99.0 cm³/mol. The Kier molecular flexibility index (Phi) is 7.51. The Hall–Kier alpha value is -0.260. The van der Waals surface area contributed by atoms with Gasteiger partial charge in [0, 0.05) is 0 Å². The summed E-state index contributed by atoms with van der Waals surface area (Å²) < 4.78 is 0. The van der Waals surface area contributed by atoms with Gasteiger partial charge in [0.2, 0.25) is 0 Å². The molecule has 3 rings (SSSR count). The van der Waals surface area contributed by atoms with Gasteiger partial charge >= 0.3 is 0 Å². The van der Waals surface area contributed by atoms with Crippen molar-refractivity contribution in [1.29, 1.82) is 0 Å². The predicted octanol–water partition coefficient (Wildman–Crippen LogP) is 7.39. The summed E-state index contributed by atoms with van der Waals surface area (Å²) in [6.45, 7) is 8.73. The van der Waals surface area contributed by atoms with E-state index in [0.29, 0.717) is 0 Å². The van der Waals surface area contributed by atoms with E-state index in [0.717, 1.165) is 29.6 Å². The lowest BCUT2D eigenvalue weighted by atomic mass is 9.58. The van der Waals surface area contributed by atoms with Gasteiger partial charge in [-0.15, -0.1) is 0 Å². The second kappa shape index (κ2) is 9.14. The van der Waals surface area contributed by atoms with Crippen LogP contribution in [0.1, 0.15) is 98.3 Å². The fourth-order valence-electron chi connectivity index (χ4n) is 5.80. The number of rotatable bonds is 4. The Morgan fingerprint density at radius 1 is 0.955 bits per heavy atom. The molecule has 2 fully saturated rings. The van der Waals surface area contributed by atoms with E-state index in [-0.39, 0.29) is 0 Å². The lowest BCUT2D eigenvalue weighted by Crippen LogP contribution is -2.38. The smallest absolute Gasteiger partial charge is 0.0292 e. The first-order valence-corrected chi connectivity index (χ1v) is 10.4. The monoisotopic (exact) mass is 304 g/mol. The maximum Gasteiger partial charge on any atom is -0.0292 e. The zero-order valence-corrected chi connectivity index (χ0v) is 15.7. The van der Waals surface area contributed by atoms with Crippen LogP contribution in [0.15, 0.2) is 11.6 Å². The topological polar surface area (TPSA) is 0 Å². The third-order valence-electron chi connectivity index (χ3n) is 6.80. The summed E-state index contributed by atoms with van der Waals surface area (Å²) in [6, 6.07) is 0. The molecular weight excluding hydrogens is 264 g/mol. The van der Waals surface area contributed by atoms with E-state index in [1.807, 2.05) is 13.8 Å². The molecule has 0 heterocycles. The molecule has 0 amide bonds. The third-order valence-corrected chi connectivity index (χ3v) is 6.80. The van der Waals surface area contributed by atoms with Crippen molar-refractivity contribution in [3.63, 3.8) is 0 Å². The van der Waals surface area contributed by atoms with Crippen molar-refractivity contribution in [1.82, 2.24) is 0 Å². The first-order valence-electron chi connectivity index (χ1n) is 10.4. The van der Waals surface area contributed by atoms with E-state index in [2.05, 4.69) is 19.9 Å². The van der Waals surface area contributed by atoms with Gasteiger partial charge in [-0.25, -0.2) is 0 Å². The van der Waals surface area contributed by atoms with Gasteiger partial charge in [-0.3, -0.25) is 0 Å². The van der Waals surface area contributed by atoms with Crippen molar-refractivity contribution in [3.8, 4) is 0 Å². The fourth-order valence-corrected chi connectivity index (χ4v) is 5.80. The molecule has 2 saturated carbocycles. The standard InChI is InChI=1S/C20H34.C2H6/c1-3-4-9-20-18(16-7-5-6-8-16)13-11-17-14-15(2)10-12-19(17)20;1-2/h10,16-20H,3-9,11-14H2,1-2H3;1-2H3. The number of fused-ring (bicyclic) bond motifs is 1. The minimum atomic E-state index is 1.04. The average molecular weight is 305 g/mol. The summed E-state index contributed by atoms with van der Waals surface area (Å²) in [6.07, 6.45) is 19.1. The van der Waals surface area contributed by atoms with Crippen LogP contribution >= 0.6 is 0 Å². The zero-order chi connectivity index (χ0) is 15.9. The molecule has 0 aromatic rings. The first-order chi connectivity index (χ1) is 10.8. The summed E-state index contributed by atoms with van der Waals surface area (Å²) >= 11 is 0. The molecule has 4 unspecified atom stereocenters. The molecule has 0 spiro atoms. The molecule has 0 aromatic carbocycles. The molecule has 4 atom stereocenters. The highest BCUT2D eigenvalue weighted by Crippen LogP contribution is 2.52. The number of unbranched alkanes of at least 4 members (excludes halogenated alkanes) is 1. The summed E-state index contributed by atoms with van der Waals surface area (Å²) in [7, 11) is 0. The van der Waals surface area contributed by atoms with Gasteiger partial charge in [0.1, 0.15) is 0 Å². The third kappa shape index (κ3) is 4.18. The van der Waals surface area contributed by atoms with Gasteiger partial charge in [-0.1, -0.05) is 70.9 Å². The molecule has 0 N–H and O–H groups in total. The van der Waals surface area contributed by atoms with Gasteiger partial charge in [0.05, 0.1) is 0 Å². The van der Waals surface area contributed by atoms with Crippen LogP contribution in [-0.4, -0.2) is 0 Å². The minimum absolute atomic E-state index is 1.04. The van der Waals surface area contributed by atoms with Crippen molar-refractivity contribution in [2.24, 2.45) is 29.6 Å². The van der Waals surface area contributed by atoms with Crippen LogP contribution in [0.25, 0.3) is 0 Å². The quantitative estimate of drug-likeness (QED) is 0.475. The van der Waals surface area contributed by atoms with Crippen molar-refractivity contribution in [2.75, 3.05) is 0 Å². The molecule has 3 aliphatic rings. The molecule has 0 aliphatic heterocycles. The van der Waals surface area contributed by atoms with E-state index < -0.39 is 0 Å². The van der Waals surface area contributed by atoms with Crippen molar-refractivity contribution in [2.45, 2.75) is 98.3 Å². The minimum Gasteiger partial charge on any atom is -0.0853 e. The van der Waals surface area contributed by atoms with Gasteiger partial charge in [-0.05, 0) is 68.6 Å². The highest BCUT2D eigenvalue weighted by atomic mass is 14.5. The van der Waals surface area contributed by atoms with Crippen LogP contribution < -0.4 is 0 Å². The maximum atomic E-state index is 2.58. The largest absolute Gasteiger partial charge is 0.0853 e. The Morgan fingerprint density at radius 3 is 2.36 bits per heavy atom. The van der Waals surface area contributed by atoms with Gasteiger partial charge in [-0.2, -0.15) is 0 Å². The molecule has 0 heteroatoms. The second-order valence-electron chi connectivity index (χ2n) is 8.01. The van der Waals surface area contributed by atoms with E-state index >= 15 is 0 Å². The van der Waals surface area contributed by atoms with Gasteiger partial charge in [0.15, 0.2) is 0 Å². The summed E-state index contributed by atoms with van der Waals surface area (Å²) in [4.78, 5) is 0. The Bertz CT molecular complexity index is 334. The summed E-state index contributed by atoms with van der Waals surface area (Å²) in [5, 5.41) is 0. The number of hydrogen-bond acceptors (Lipinski definition) is 0. The van der Waals surface area contributed by atoms with E-state index in [1.54, 1.807) is 31.3 Å². The van der Waals surface area contributed by atoms with Crippen molar-refractivity contribution >= 4 is 0 Å². The van der Waals surface area contributed by atoms with Crippen molar-refractivity contribution < 1.29 is 0 Å². The molecule has 128 valence electrons. The zero-order valence-electron chi connectivity index (χ0n) is 15.7. The molecular formula is C22H40. The van der Waals surface area contributed by atoms with E-state index in [9.17, 15) is 0 Å². The average Bonchev–Trinajstić information content (AvgIpc) is 3.08. The number of hydrogen-bond donors (Lipinski definition) is 0. The molecule has 0 bridgehead atoms. The summed E-state index contributed by atoms with van der Waals surface area (Å²) in [5.41, 5.74) is 1.68. The van der Waals surface area contributed by atoms with Gasteiger partial charge in [0.25, 0.3) is 0 Å². The fraction of sp³-hybridized carbons (Fsp3) is 0.909. The molecule has 0 nitrogen and oxygen atoms in total. The highest BCUT2D eigenvalue weighted by molar-refractivity contribution is 5.08.